The van der Waals surface area contributed by atoms with Crippen molar-refractivity contribution in [3.8, 4) is 45.3 Å². The molecular formula is C29H28O5. The van der Waals surface area contributed by atoms with Gasteiger partial charge >= 0.3 is 0 Å². The van der Waals surface area contributed by atoms with Crippen LogP contribution in [-0.2, 0) is 13.2 Å². The fraction of sp³-hybridized carbons (Fsp3) is 0.172. The Kier molecular flexibility index (Phi) is 7.04. The summed E-state index contributed by atoms with van der Waals surface area (Å²) in [6, 6.07) is 24.6. The highest BCUT2D eigenvalue weighted by molar-refractivity contribution is 5.83. The van der Waals surface area contributed by atoms with Crippen molar-refractivity contribution in [3.05, 3.63) is 95.6 Å². The molecule has 0 saturated heterocycles. The van der Waals surface area contributed by atoms with E-state index in [1.54, 1.807) is 26.4 Å². The zero-order valence-corrected chi connectivity index (χ0v) is 19.5. The molecule has 4 rings (SSSR count). The van der Waals surface area contributed by atoms with E-state index in [9.17, 15) is 10.2 Å². The normalized spacial score (nSPS) is 10.7. The number of phenolic OH excluding ortho intramolecular Hbond substituents is 1. The summed E-state index contributed by atoms with van der Waals surface area (Å²) >= 11 is 0. The van der Waals surface area contributed by atoms with E-state index in [0.29, 0.717) is 23.9 Å². The van der Waals surface area contributed by atoms with Crippen LogP contribution in [0.2, 0.25) is 0 Å². The molecule has 5 nitrogen and oxygen atoms in total. The largest absolute Gasteiger partial charge is 0.508 e. The maximum Gasteiger partial charge on any atom is 0.161 e. The van der Waals surface area contributed by atoms with Gasteiger partial charge in [-0.25, -0.2) is 0 Å². The van der Waals surface area contributed by atoms with E-state index >= 15 is 0 Å². The lowest BCUT2D eigenvalue weighted by molar-refractivity contribution is 0.281. The third-order valence-corrected chi connectivity index (χ3v) is 5.93. The Morgan fingerprint density at radius 1 is 0.735 bits per heavy atom. The van der Waals surface area contributed by atoms with E-state index in [1.807, 2.05) is 73.7 Å². The first-order valence-electron chi connectivity index (χ1n) is 11.0. The van der Waals surface area contributed by atoms with Crippen molar-refractivity contribution in [3.63, 3.8) is 0 Å². The second-order valence-corrected chi connectivity index (χ2v) is 7.95. The number of phenols is 1. The zero-order chi connectivity index (χ0) is 24.1. The highest BCUT2D eigenvalue weighted by Crippen LogP contribution is 2.43. The van der Waals surface area contributed by atoms with Gasteiger partial charge < -0.3 is 24.4 Å². The lowest BCUT2D eigenvalue weighted by Crippen LogP contribution is -2.02. The molecule has 0 aliphatic carbocycles. The van der Waals surface area contributed by atoms with Crippen LogP contribution >= 0.6 is 0 Å². The first-order valence-corrected chi connectivity index (χ1v) is 11.0. The Balaban J connectivity index is 1.75. The van der Waals surface area contributed by atoms with Gasteiger partial charge in [-0.1, -0.05) is 48.5 Å². The summed E-state index contributed by atoms with van der Waals surface area (Å²) in [5.41, 5.74) is 6.28. The molecule has 0 saturated carbocycles. The van der Waals surface area contributed by atoms with Crippen molar-refractivity contribution in [1.29, 1.82) is 0 Å². The van der Waals surface area contributed by atoms with Crippen molar-refractivity contribution < 1.29 is 24.4 Å². The summed E-state index contributed by atoms with van der Waals surface area (Å²) in [6.07, 6.45) is 0. The Bertz CT molecular complexity index is 1260. The van der Waals surface area contributed by atoms with E-state index < -0.39 is 0 Å². The van der Waals surface area contributed by atoms with Crippen LogP contribution in [0, 0.1) is 6.92 Å². The second kappa shape index (κ2) is 10.3. The number of hydrogen-bond acceptors (Lipinski definition) is 5. The highest BCUT2D eigenvalue weighted by atomic mass is 16.5. The molecule has 0 spiro atoms. The van der Waals surface area contributed by atoms with Crippen LogP contribution in [0.15, 0.2) is 78.9 Å². The molecule has 0 fully saturated rings. The van der Waals surface area contributed by atoms with Crippen molar-refractivity contribution >= 4 is 0 Å². The van der Waals surface area contributed by atoms with Crippen molar-refractivity contribution in [1.82, 2.24) is 0 Å². The number of benzene rings is 4. The van der Waals surface area contributed by atoms with E-state index in [-0.39, 0.29) is 12.4 Å². The number of aliphatic hydroxyl groups is 1. The van der Waals surface area contributed by atoms with Crippen molar-refractivity contribution in [2.75, 3.05) is 14.2 Å². The predicted molar refractivity (Wildman–Crippen MR) is 134 cm³/mol. The van der Waals surface area contributed by atoms with Gasteiger partial charge in [-0.3, -0.25) is 0 Å². The second-order valence-electron chi connectivity index (χ2n) is 7.95. The van der Waals surface area contributed by atoms with Gasteiger partial charge in [0.05, 0.1) is 20.8 Å². The Hall–Kier alpha value is -3.96. The van der Waals surface area contributed by atoms with Crippen LogP contribution in [0.1, 0.15) is 16.7 Å². The van der Waals surface area contributed by atoms with Crippen LogP contribution in [0.5, 0.6) is 23.0 Å². The van der Waals surface area contributed by atoms with Gasteiger partial charge in [0.15, 0.2) is 11.5 Å². The first kappa shape index (κ1) is 23.2. The molecule has 0 bridgehead atoms. The molecule has 4 aromatic carbocycles. The molecule has 0 aromatic heterocycles. The summed E-state index contributed by atoms with van der Waals surface area (Å²) in [7, 11) is 3.22. The topological polar surface area (TPSA) is 68.2 Å². The Labute approximate surface area is 199 Å². The van der Waals surface area contributed by atoms with Gasteiger partial charge in [0, 0.05) is 5.56 Å². The smallest absolute Gasteiger partial charge is 0.161 e. The maximum absolute atomic E-state index is 10.3. The van der Waals surface area contributed by atoms with Crippen LogP contribution in [0.25, 0.3) is 22.3 Å². The molecule has 5 heteroatoms. The lowest BCUT2D eigenvalue weighted by atomic mass is 9.89. The monoisotopic (exact) mass is 456 g/mol. The van der Waals surface area contributed by atoms with Crippen molar-refractivity contribution in [2.45, 2.75) is 20.1 Å². The van der Waals surface area contributed by atoms with Gasteiger partial charge in [-0.2, -0.15) is 0 Å². The van der Waals surface area contributed by atoms with E-state index in [4.69, 9.17) is 14.2 Å². The highest BCUT2D eigenvalue weighted by Gasteiger charge is 2.20. The number of methoxy groups -OCH3 is 2. The molecule has 4 aromatic rings. The summed E-state index contributed by atoms with van der Waals surface area (Å²) in [5.74, 6) is 2.07. The average molecular weight is 457 g/mol. The lowest BCUT2D eigenvalue weighted by Gasteiger charge is -2.20. The molecule has 34 heavy (non-hydrogen) atoms. The molecule has 174 valence electrons. The number of rotatable bonds is 8. The molecule has 2 N–H and O–H groups in total. The van der Waals surface area contributed by atoms with Gasteiger partial charge in [0.25, 0.3) is 0 Å². The van der Waals surface area contributed by atoms with Crippen LogP contribution in [0.4, 0.5) is 0 Å². The third kappa shape index (κ3) is 4.70. The fourth-order valence-electron chi connectivity index (χ4n) is 4.10. The van der Waals surface area contributed by atoms with Gasteiger partial charge in [-0.15, -0.1) is 0 Å². The standard InChI is InChI=1S/C29H28O5/c1-19-24(21-9-12-23(31)13-10-21)16-28(33-3)29(25(19)17-30)22-11-14-26(27(15-22)32-2)34-18-20-7-5-4-6-8-20/h4-16,30-31H,17-18H2,1-3H3. The SMILES string of the molecule is COc1cc(-c2c(OC)cc(-c3ccc(O)cc3)c(C)c2CO)ccc1OCc1ccccc1. The minimum atomic E-state index is -0.155. The summed E-state index contributed by atoms with van der Waals surface area (Å²) in [6.45, 7) is 2.26. The molecule has 0 atom stereocenters. The Morgan fingerprint density at radius 3 is 2.06 bits per heavy atom. The van der Waals surface area contributed by atoms with Gasteiger partial charge in [0.2, 0.25) is 0 Å². The third-order valence-electron chi connectivity index (χ3n) is 5.93. The summed E-state index contributed by atoms with van der Waals surface area (Å²) < 4.78 is 17.4. The average Bonchev–Trinajstić information content (AvgIpc) is 2.88. The molecule has 0 aliphatic heterocycles. The van der Waals surface area contributed by atoms with E-state index in [1.165, 1.54) is 0 Å². The molecule has 0 amide bonds. The molecule has 0 unspecified atom stereocenters. The maximum atomic E-state index is 10.3. The number of aliphatic hydroxyl groups excluding tert-OH is 1. The van der Waals surface area contributed by atoms with E-state index in [2.05, 4.69) is 0 Å². The molecule has 0 heterocycles. The van der Waals surface area contributed by atoms with E-state index in [0.717, 1.165) is 38.9 Å². The van der Waals surface area contributed by atoms with Crippen molar-refractivity contribution in [2.24, 2.45) is 0 Å². The quantitative estimate of drug-likeness (QED) is 0.334. The molecule has 0 aliphatic rings. The summed E-state index contributed by atoms with van der Waals surface area (Å²) in [4.78, 5) is 0. The number of aromatic hydroxyl groups is 1. The molecule has 0 radical (unpaired) electrons. The van der Waals surface area contributed by atoms with Crippen LogP contribution < -0.4 is 14.2 Å². The summed E-state index contributed by atoms with van der Waals surface area (Å²) in [5, 5.41) is 20.0. The number of ether oxygens (including phenoxy) is 3. The number of hydrogen-bond donors (Lipinski definition) is 2. The van der Waals surface area contributed by atoms with Crippen LogP contribution in [-0.4, -0.2) is 24.4 Å². The first-order chi connectivity index (χ1) is 16.5. The van der Waals surface area contributed by atoms with Gasteiger partial charge in [0.1, 0.15) is 18.1 Å². The Morgan fingerprint density at radius 2 is 1.41 bits per heavy atom. The minimum Gasteiger partial charge on any atom is -0.508 e. The van der Waals surface area contributed by atoms with Crippen LogP contribution in [0.3, 0.4) is 0 Å². The van der Waals surface area contributed by atoms with Gasteiger partial charge in [-0.05, 0) is 70.6 Å². The molecular weight excluding hydrogens is 428 g/mol. The zero-order valence-electron chi connectivity index (χ0n) is 19.5. The fourth-order valence-corrected chi connectivity index (χ4v) is 4.10. The minimum absolute atomic E-state index is 0.155. The predicted octanol–water partition coefficient (Wildman–Crippen LogP) is 6.12.